The molecule has 162 valence electrons. The number of nitrogens with one attached hydrogen (secondary N) is 1. The second-order valence-corrected chi connectivity index (χ2v) is 9.71. The summed E-state index contributed by atoms with van der Waals surface area (Å²) in [7, 11) is -2.00. The van der Waals surface area contributed by atoms with Gasteiger partial charge in [-0.05, 0) is 55.2 Å². The van der Waals surface area contributed by atoms with Crippen LogP contribution in [-0.4, -0.2) is 31.7 Å². The summed E-state index contributed by atoms with van der Waals surface area (Å²) >= 11 is 0. The minimum Gasteiger partial charge on any atom is -0.350 e. The zero-order chi connectivity index (χ0) is 22.3. The average molecular weight is 437 g/mol. The third-order valence-corrected chi connectivity index (χ3v) is 6.98. The van der Waals surface area contributed by atoms with E-state index in [1.807, 2.05) is 25.1 Å². The molecular weight excluding hydrogens is 408 g/mol. The predicted octanol–water partition coefficient (Wildman–Crippen LogP) is 4.26. The third kappa shape index (κ3) is 6.26. The van der Waals surface area contributed by atoms with Crippen LogP contribution < -0.4 is 5.32 Å². The van der Waals surface area contributed by atoms with E-state index in [0.29, 0.717) is 5.56 Å². The summed E-state index contributed by atoms with van der Waals surface area (Å²) in [5, 5.41) is 3.03. The summed E-state index contributed by atoms with van der Waals surface area (Å²) in [6, 6.07) is 25.7. The Labute approximate surface area is 184 Å². The molecule has 1 unspecified atom stereocenters. The molecule has 3 aromatic carbocycles. The van der Waals surface area contributed by atoms with E-state index in [4.69, 9.17) is 0 Å². The van der Waals surface area contributed by atoms with Crippen LogP contribution in [0.3, 0.4) is 0 Å². The second-order valence-electron chi connectivity index (χ2n) is 7.67. The fraction of sp³-hybridized carbons (Fsp3) is 0.240. The van der Waals surface area contributed by atoms with Gasteiger partial charge in [0.2, 0.25) is 10.0 Å². The van der Waals surface area contributed by atoms with Gasteiger partial charge in [0.05, 0.1) is 4.90 Å². The lowest BCUT2D eigenvalue weighted by molar-refractivity contribution is 0.0938. The third-order valence-electron chi connectivity index (χ3n) is 5.16. The molecule has 31 heavy (non-hydrogen) atoms. The Morgan fingerprint density at radius 3 is 2.06 bits per heavy atom. The summed E-state index contributed by atoms with van der Waals surface area (Å²) in [4.78, 5) is 12.8. The van der Waals surface area contributed by atoms with Crippen molar-refractivity contribution in [2.75, 3.05) is 7.05 Å². The van der Waals surface area contributed by atoms with Crippen molar-refractivity contribution in [1.82, 2.24) is 9.62 Å². The molecule has 0 aliphatic carbocycles. The first-order valence-electron chi connectivity index (χ1n) is 10.3. The van der Waals surface area contributed by atoms with E-state index in [2.05, 4.69) is 17.4 Å². The van der Waals surface area contributed by atoms with Crippen LogP contribution in [-0.2, 0) is 23.0 Å². The molecule has 0 radical (unpaired) electrons. The van der Waals surface area contributed by atoms with Crippen molar-refractivity contribution in [1.29, 1.82) is 0 Å². The molecule has 0 saturated heterocycles. The van der Waals surface area contributed by atoms with Gasteiger partial charge < -0.3 is 5.32 Å². The molecule has 0 heterocycles. The summed E-state index contributed by atoms with van der Waals surface area (Å²) < 4.78 is 26.6. The van der Waals surface area contributed by atoms with Gasteiger partial charge in [0.1, 0.15) is 0 Å². The van der Waals surface area contributed by atoms with E-state index in [-0.39, 0.29) is 23.4 Å². The highest BCUT2D eigenvalue weighted by atomic mass is 32.2. The average Bonchev–Trinajstić information content (AvgIpc) is 2.79. The number of carbonyl (C=O) groups is 1. The molecule has 0 saturated carbocycles. The van der Waals surface area contributed by atoms with E-state index in [0.717, 1.165) is 18.4 Å². The van der Waals surface area contributed by atoms with Crippen LogP contribution in [0.15, 0.2) is 89.8 Å². The summed E-state index contributed by atoms with van der Waals surface area (Å²) in [5.74, 6) is -0.127. The van der Waals surface area contributed by atoms with Gasteiger partial charge in [-0.1, -0.05) is 60.7 Å². The molecule has 1 N–H and O–H groups in total. The number of hydrogen-bond acceptors (Lipinski definition) is 3. The SMILES string of the molecule is CC(CCc1ccccc1)NC(=O)c1ccc(CN(C)S(=O)(=O)c2ccccc2)cc1. The van der Waals surface area contributed by atoms with Gasteiger partial charge in [-0.3, -0.25) is 4.79 Å². The summed E-state index contributed by atoms with van der Waals surface area (Å²) in [6.07, 6.45) is 1.76. The molecule has 5 nitrogen and oxygen atoms in total. The van der Waals surface area contributed by atoms with Crippen molar-refractivity contribution < 1.29 is 13.2 Å². The van der Waals surface area contributed by atoms with E-state index >= 15 is 0 Å². The topological polar surface area (TPSA) is 66.5 Å². The Morgan fingerprint density at radius 2 is 1.45 bits per heavy atom. The lowest BCUT2D eigenvalue weighted by Gasteiger charge is -2.18. The van der Waals surface area contributed by atoms with Crippen LogP contribution in [0, 0.1) is 0 Å². The first-order valence-corrected chi connectivity index (χ1v) is 11.8. The van der Waals surface area contributed by atoms with Crippen LogP contribution in [0.5, 0.6) is 0 Å². The number of sulfonamides is 1. The molecule has 0 aromatic heterocycles. The fourth-order valence-corrected chi connectivity index (χ4v) is 4.46. The molecule has 6 heteroatoms. The van der Waals surface area contributed by atoms with Gasteiger partial charge in [0.15, 0.2) is 0 Å². The number of hydrogen-bond donors (Lipinski definition) is 1. The quantitative estimate of drug-likeness (QED) is 0.545. The minimum atomic E-state index is -3.55. The maximum absolute atomic E-state index is 12.7. The van der Waals surface area contributed by atoms with Gasteiger partial charge in [-0.25, -0.2) is 8.42 Å². The Balaban J connectivity index is 1.55. The number of carbonyl (C=O) groups excluding carboxylic acids is 1. The second kappa shape index (κ2) is 10.4. The molecule has 3 rings (SSSR count). The molecule has 3 aromatic rings. The number of rotatable bonds is 9. The van der Waals surface area contributed by atoms with E-state index in [1.54, 1.807) is 61.6 Å². The lowest BCUT2D eigenvalue weighted by Crippen LogP contribution is -2.32. The lowest BCUT2D eigenvalue weighted by atomic mass is 10.1. The monoisotopic (exact) mass is 436 g/mol. The zero-order valence-corrected chi connectivity index (χ0v) is 18.7. The highest BCUT2D eigenvalue weighted by Crippen LogP contribution is 2.17. The van der Waals surface area contributed by atoms with Crippen molar-refractivity contribution in [2.45, 2.75) is 37.2 Å². The highest BCUT2D eigenvalue weighted by molar-refractivity contribution is 7.89. The molecule has 1 atom stereocenters. The van der Waals surface area contributed by atoms with Crippen molar-refractivity contribution in [2.24, 2.45) is 0 Å². The van der Waals surface area contributed by atoms with Gasteiger partial charge in [-0.15, -0.1) is 0 Å². The van der Waals surface area contributed by atoms with Gasteiger partial charge in [0, 0.05) is 25.2 Å². The Bertz CT molecular complexity index is 1080. The molecule has 1 amide bonds. The minimum absolute atomic E-state index is 0.0505. The van der Waals surface area contributed by atoms with Gasteiger partial charge in [0.25, 0.3) is 5.91 Å². The van der Waals surface area contributed by atoms with Crippen molar-refractivity contribution in [3.05, 3.63) is 102 Å². The van der Waals surface area contributed by atoms with Gasteiger partial charge >= 0.3 is 0 Å². The first-order chi connectivity index (χ1) is 14.9. The standard InChI is InChI=1S/C25H28N2O3S/c1-20(13-14-21-9-5-3-6-10-21)26-25(28)23-17-15-22(16-18-23)19-27(2)31(29,30)24-11-7-4-8-12-24/h3-12,15-18,20H,13-14,19H2,1-2H3,(H,26,28). The Kier molecular flexibility index (Phi) is 7.60. The normalized spacial score (nSPS) is 12.5. The number of benzene rings is 3. The number of nitrogens with zero attached hydrogens (tertiary/aromatic N) is 1. The van der Waals surface area contributed by atoms with E-state index < -0.39 is 10.0 Å². The smallest absolute Gasteiger partial charge is 0.251 e. The van der Waals surface area contributed by atoms with Crippen LogP contribution in [0.4, 0.5) is 0 Å². The molecule has 0 aliphatic heterocycles. The first kappa shape index (κ1) is 22.7. The summed E-state index contributed by atoms with van der Waals surface area (Å²) in [6.45, 7) is 2.23. The fourth-order valence-electron chi connectivity index (χ4n) is 3.28. The largest absolute Gasteiger partial charge is 0.350 e. The van der Waals surface area contributed by atoms with Gasteiger partial charge in [-0.2, -0.15) is 4.31 Å². The maximum atomic E-state index is 12.7. The maximum Gasteiger partial charge on any atom is 0.251 e. The summed E-state index contributed by atoms with van der Waals surface area (Å²) in [5.41, 5.74) is 2.63. The van der Waals surface area contributed by atoms with Crippen LogP contribution in [0.2, 0.25) is 0 Å². The number of aryl methyl sites for hydroxylation is 1. The van der Waals surface area contributed by atoms with E-state index in [9.17, 15) is 13.2 Å². The van der Waals surface area contributed by atoms with Crippen molar-refractivity contribution in [3.63, 3.8) is 0 Å². The van der Waals surface area contributed by atoms with Crippen molar-refractivity contribution in [3.8, 4) is 0 Å². The predicted molar refractivity (Wildman–Crippen MR) is 123 cm³/mol. The van der Waals surface area contributed by atoms with Crippen LogP contribution >= 0.6 is 0 Å². The molecule has 0 bridgehead atoms. The van der Waals surface area contributed by atoms with Crippen LogP contribution in [0.1, 0.15) is 34.8 Å². The molecule has 0 fully saturated rings. The van der Waals surface area contributed by atoms with E-state index in [1.165, 1.54) is 9.87 Å². The highest BCUT2D eigenvalue weighted by Gasteiger charge is 2.20. The van der Waals surface area contributed by atoms with Crippen molar-refractivity contribution >= 4 is 15.9 Å². The Hall–Kier alpha value is -2.96. The molecular formula is C25H28N2O3S. The Morgan fingerprint density at radius 1 is 0.871 bits per heavy atom. The van der Waals surface area contributed by atoms with Crippen LogP contribution in [0.25, 0.3) is 0 Å². The number of amides is 1. The molecule has 0 spiro atoms. The molecule has 0 aliphatic rings. The zero-order valence-electron chi connectivity index (χ0n) is 17.9.